The van der Waals surface area contributed by atoms with Gasteiger partial charge in [-0.25, -0.2) is 4.57 Å². The fourth-order valence-corrected chi connectivity index (χ4v) is 6.22. The van der Waals surface area contributed by atoms with Crippen molar-refractivity contribution in [2.45, 2.75) is 180 Å². The largest absolute Gasteiger partial charge is 0.472 e. The van der Waals surface area contributed by atoms with E-state index in [9.17, 15) is 19.0 Å². The van der Waals surface area contributed by atoms with Crippen molar-refractivity contribution < 1.29 is 42.1 Å². The fraction of sp³-hybridized carbons (Fsp3) is 0.814. The number of likely N-dealkylation sites (N-methyl/N-ethyl adjacent to an activating group) is 1. The summed E-state index contributed by atoms with van der Waals surface area (Å²) in [7, 11) is 1.46. The second kappa shape index (κ2) is 35.9. The van der Waals surface area contributed by atoms with E-state index < -0.39 is 26.5 Å². The Kier molecular flexibility index (Phi) is 34.7. The van der Waals surface area contributed by atoms with Crippen molar-refractivity contribution in [3.8, 4) is 0 Å². The average Bonchev–Trinajstić information content (AvgIpc) is 3.10. The van der Waals surface area contributed by atoms with E-state index in [1.165, 1.54) is 77.0 Å². The molecule has 0 aromatic carbocycles. The molecule has 0 amide bonds. The van der Waals surface area contributed by atoms with Crippen molar-refractivity contribution in [2.24, 2.45) is 0 Å². The van der Waals surface area contributed by atoms with Crippen molar-refractivity contribution in [1.29, 1.82) is 0 Å². The van der Waals surface area contributed by atoms with Gasteiger partial charge < -0.3 is 18.9 Å². The molecule has 1 unspecified atom stereocenters. The molecule has 0 aliphatic carbocycles. The van der Waals surface area contributed by atoms with Crippen LogP contribution in [-0.4, -0.2) is 74.9 Å². The molecule has 310 valence electrons. The molecule has 0 saturated heterocycles. The molecule has 0 saturated carbocycles. The highest BCUT2D eigenvalue weighted by Crippen LogP contribution is 2.43. The molecule has 0 aromatic heterocycles. The van der Waals surface area contributed by atoms with Gasteiger partial charge in [0.25, 0.3) is 0 Å². The van der Waals surface area contributed by atoms with Crippen LogP contribution in [0.5, 0.6) is 0 Å². The summed E-state index contributed by atoms with van der Waals surface area (Å²) in [5.41, 5.74) is 0. The van der Waals surface area contributed by atoms with Crippen LogP contribution in [-0.2, 0) is 32.7 Å². The number of carbonyl (C=O) groups is 2. The number of phosphoric acid groups is 1. The van der Waals surface area contributed by atoms with E-state index >= 15 is 0 Å². The molecule has 9 nitrogen and oxygen atoms in total. The Morgan fingerprint density at radius 1 is 0.585 bits per heavy atom. The first-order valence-electron chi connectivity index (χ1n) is 21.2. The molecule has 0 heterocycles. The Bertz CT molecular complexity index is 1010. The Hall–Kier alpha value is -1.77. The second-order valence-corrected chi connectivity index (χ2v) is 16.8. The topological polar surface area (TPSA) is 108 Å². The zero-order valence-electron chi connectivity index (χ0n) is 34.7. The fourth-order valence-electron chi connectivity index (χ4n) is 5.48. The van der Waals surface area contributed by atoms with E-state index in [0.29, 0.717) is 17.4 Å². The van der Waals surface area contributed by atoms with E-state index in [-0.39, 0.29) is 32.0 Å². The lowest BCUT2D eigenvalue weighted by Gasteiger charge is -2.24. The lowest BCUT2D eigenvalue weighted by molar-refractivity contribution is -0.870. The van der Waals surface area contributed by atoms with Gasteiger partial charge in [-0.2, -0.15) is 0 Å². The van der Waals surface area contributed by atoms with Crippen LogP contribution in [0.3, 0.4) is 0 Å². The smallest absolute Gasteiger partial charge is 0.462 e. The third-order valence-corrected chi connectivity index (χ3v) is 9.88. The van der Waals surface area contributed by atoms with Gasteiger partial charge in [0, 0.05) is 12.8 Å². The molecular weight excluding hydrogens is 689 g/mol. The monoisotopic (exact) mass is 771 g/mol. The van der Waals surface area contributed by atoms with Crippen molar-refractivity contribution in [3.63, 3.8) is 0 Å². The maximum atomic E-state index is 12.7. The first-order chi connectivity index (χ1) is 25.5. The molecule has 2 atom stereocenters. The van der Waals surface area contributed by atoms with Crippen molar-refractivity contribution in [3.05, 3.63) is 36.5 Å². The van der Waals surface area contributed by atoms with Crippen LogP contribution >= 0.6 is 7.82 Å². The number of phosphoric ester groups is 1. The predicted octanol–water partition coefficient (Wildman–Crippen LogP) is 11.7. The van der Waals surface area contributed by atoms with Gasteiger partial charge in [-0.3, -0.25) is 18.6 Å². The molecule has 1 N–H and O–H groups in total. The van der Waals surface area contributed by atoms with Crippen molar-refractivity contribution in [1.82, 2.24) is 0 Å². The molecular formula is C43H81NO8P+. The number of hydrogen-bond donors (Lipinski definition) is 1. The third-order valence-electron chi connectivity index (χ3n) is 8.89. The quantitative estimate of drug-likeness (QED) is 0.0217. The molecule has 0 spiro atoms. The number of quaternary nitrogens is 1. The number of unbranched alkanes of at least 4 members (excludes halogenated alkanes) is 18. The van der Waals surface area contributed by atoms with Gasteiger partial charge >= 0.3 is 19.8 Å². The molecule has 0 bridgehead atoms. The Balaban J connectivity index is 4.40. The van der Waals surface area contributed by atoms with Crippen LogP contribution in [0.25, 0.3) is 0 Å². The van der Waals surface area contributed by atoms with Crippen LogP contribution in [0, 0.1) is 0 Å². The summed E-state index contributed by atoms with van der Waals surface area (Å²) in [5, 5.41) is 0. The van der Waals surface area contributed by atoms with Gasteiger partial charge in [0.05, 0.1) is 27.7 Å². The van der Waals surface area contributed by atoms with Crippen LogP contribution in [0.2, 0.25) is 0 Å². The van der Waals surface area contributed by atoms with Crippen LogP contribution in [0.15, 0.2) is 36.5 Å². The summed E-state index contributed by atoms with van der Waals surface area (Å²) < 4.78 is 34.2. The summed E-state index contributed by atoms with van der Waals surface area (Å²) in [6.45, 7) is 4.33. The summed E-state index contributed by atoms with van der Waals surface area (Å²) in [4.78, 5) is 35.3. The minimum absolute atomic E-state index is 0.0288. The highest BCUT2D eigenvalue weighted by Gasteiger charge is 2.27. The van der Waals surface area contributed by atoms with Gasteiger partial charge in [-0.15, -0.1) is 0 Å². The average molecular weight is 771 g/mol. The predicted molar refractivity (Wildman–Crippen MR) is 220 cm³/mol. The summed E-state index contributed by atoms with van der Waals surface area (Å²) in [6.07, 6.45) is 39.0. The standard InChI is InChI=1S/C43H80NO8P/c1-6-8-10-12-14-16-18-20-22-24-26-28-30-32-34-36-43(46)52-41(40-51-53(47,48)50-38-37-44(3,4)5)39-49-42(45)35-33-31-29-27-25-23-21-19-17-15-13-11-9-7-2/h12-15,19,21,41H,6-11,16-18,20,22-40H2,1-5H3/p+1/b14-12+,15-13+,21-19+/t41-/m1/s1. The first-order valence-corrected chi connectivity index (χ1v) is 22.7. The molecule has 10 heteroatoms. The highest BCUT2D eigenvalue weighted by atomic mass is 31.2. The number of rotatable bonds is 38. The Morgan fingerprint density at radius 2 is 1.02 bits per heavy atom. The number of ether oxygens (including phenoxy) is 2. The lowest BCUT2D eigenvalue weighted by Crippen LogP contribution is -2.37. The molecule has 0 radical (unpaired) electrons. The van der Waals surface area contributed by atoms with Gasteiger partial charge in [-0.05, 0) is 57.8 Å². The Morgan fingerprint density at radius 3 is 1.51 bits per heavy atom. The van der Waals surface area contributed by atoms with Crippen LogP contribution in [0.4, 0.5) is 0 Å². The molecule has 0 aliphatic rings. The number of nitrogens with zero attached hydrogens (tertiary/aromatic N) is 1. The summed E-state index contributed by atoms with van der Waals surface area (Å²) in [6, 6.07) is 0. The van der Waals surface area contributed by atoms with E-state index in [1.807, 2.05) is 21.1 Å². The lowest BCUT2D eigenvalue weighted by atomic mass is 10.1. The maximum Gasteiger partial charge on any atom is 0.472 e. The molecule has 0 rings (SSSR count). The van der Waals surface area contributed by atoms with E-state index in [2.05, 4.69) is 50.3 Å². The molecule has 0 aliphatic heterocycles. The second-order valence-electron chi connectivity index (χ2n) is 15.4. The summed E-state index contributed by atoms with van der Waals surface area (Å²) >= 11 is 0. The summed E-state index contributed by atoms with van der Waals surface area (Å²) in [5.74, 6) is -0.818. The van der Waals surface area contributed by atoms with Crippen molar-refractivity contribution in [2.75, 3.05) is 47.5 Å². The minimum Gasteiger partial charge on any atom is -0.462 e. The van der Waals surface area contributed by atoms with Crippen LogP contribution < -0.4 is 0 Å². The van der Waals surface area contributed by atoms with Gasteiger partial charge in [-0.1, -0.05) is 140 Å². The number of esters is 2. The molecule has 0 fully saturated rings. The SMILES string of the molecule is CCCC/C=C/C/C=C/CCCCCCCC(=O)OC[C@H](COP(=O)(O)OCC[N+](C)(C)C)OC(=O)CCCCCCCCCCC/C=C/CCCC. The van der Waals surface area contributed by atoms with Gasteiger partial charge in [0.2, 0.25) is 0 Å². The molecule has 53 heavy (non-hydrogen) atoms. The normalized spacial score (nSPS) is 14.0. The first kappa shape index (κ1) is 51.2. The highest BCUT2D eigenvalue weighted by molar-refractivity contribution is 7.47. The van der Waals surface area contributed by atoms with Gasteiger partial charge in [0.15, 0.2) is 6.10 Å². The number of allylic oxidation sites excluding steroid dienone is 6. The van der Waals surface area contributed by atoms with Crippen LogP contribution in [0.1, 0.15) is 174 Å². The van der Waals surface area contributed by atoms with E-state index in [4.69, 9.17) is 18.5 Å². The third kappa shape index (κ3) is 39.7. The van der Waals surface area contributed by atoms with E-state index in [1.54, 1.807) is 0 Å². The maximum absolute atomic E-state index is 12.7. The zero-order valence-corrected chi connectivity index (χ0v) is 35.6. The number of hydrogen-bond acceptors (Lipinski definition) is 7. The zero-order chi connectivity index (χ0) is 39.3. The molecule has 0 aromatic rings. The van der Waals surface area contributed by atoms with Crippen molar-refractivity contribution >= 4 is 19.8 Å². The van der Waals surface area contributed by atoms with Gasteiger partial charge in [0.1, 0.15) is 19.8 Å². The Labute approximate surface area is 325 Å². The number of carbonyl (C=O) groups excluding carboxylic acids is 2. The minimum atomic E-state index is -4.37. The van der Waals surface area contributed by atoms with E-state index in [0.717, 1.165) is 64.2 Å².